The summed E-state index contributed by atoms with van der Waals surface area (Å²) >= 11 is 0. The minimum absolute atomic E-state index is 0.240. The molecule has 25 heavy (non-hydrogen) atoms. The van der Waals surface area contributed by atoms with E-state index in [4.69, 9.17) is 4.74 Å². The van der Waals surface area contributed by atoms with Crippen molar-refractivity contribution in [3.63, 3.8) is 0 Å². The van der Waals surface area contributed by atoms with Gasteiger partial charge in [0.15, 0.2) is 0 Å². The van der Waals surface area contributed by atoms with Crippen molar-refractivity contribution in [2.75, 3.05) is 7.11 Å². The normalized spacial score (nSPS) is 11.1. The van der Waals surface area contributed by atoms with Crippen molar-refractivity contribution in [2.45, 2.75) is 6.92 Å². The Morgan fingerprint density at radius 3 is 2.44 bits per heavy atom. The molecule has 124 valence electrons. The van der Waals surface area contributed by atoms with Gasteiger partial charge in [-0.15, -0.1) is 0 Å². The Labute approximate surface area is 143 Å². The van der Waals surface area contributed by atoms with Crippen LogP contribution >= 0.6 is 0 Å². The Kier molecular flexibility index (Phi) is 3.42. The number of hydrogen-bond acceptors (Lipinski definition) is 3. The minimum atomic E-state index is -0.455. The number of esters is 1. The van der Waals surface area contributed by atoms with Crippen LogP contribution in [-0.4, -0.2) is 22.5 Å². The summed E-state index contributed by atoms with van der Waals surface area (Å²) in [6.07, 6.45) is 0. The van der Waals surface area contributed by atoms with Crippen LogP contribution in [0, 0.1) is 6.92 Å². The molecule has 2 aromatic carbocycles. The number of carbonyl (C=O) groups excluding carboxylic acids is 1. The SMILES string of the molecule is COC(=O)c1c(-c2ccccc2)c2c(=O)[nH]c3ccccc3n2c1C. The number of fused-ring (bicyclic) bond motifs is 3. The minimum Gasteiger partial charge on any atom is -0.465 e. The van der Waals surface area contributed by atoms with E-state index in [-0.39, 0.29) is 5.56 Å². The number of hydrogen-bond donors (Lipinski definition) is 1. The largest absolute Gasteiger partial charge is 0.465 e. The molecule has 0 aliphatic heterocycles. The Bertz CT molecular complexity index is 1170. The van der Waals surface area contributed by atoms with E-state index in [2.05, 4.69) is 4.98 Å². The number of nitrogens with one attached hydrogen (secondary N) is 1. The summed E-state index contributed by atoms with van der Waals surface area (Å²) in [5, 5.41) is 0. The number of benzene rings is 2. The number of nitrogens with zero attached hydrogens (tertiary/aromatic N) is 1. The fraction of sp³-hybridized carbons (Fsp3) is 0.100. The number of aryl methyl sites for hydroxylation is 1. The lowest BCUT2D eigenvalue weighted by atomic mass is 10.0. The van der Waals surface area contributed by atoms with Gasteiger partial charge in [-0.25, -0.2) is 4.79 Å². The zero-order valence-corrected chi connectivity index (χ0v) is 13.9. The van der Waals surface area contributed by atoms with Crippen molar-refractivity contribution >= 4 is 22.5 Å². The first-order valence-corrected chi connectivity index (χ1v) is 7.93. The predicted octanol–water partition coefficient (Wildman–Crippen LogP) is 3.54. The fourth-order valence-electron chi connectivity index (χ4n) is 3.40. The van der Waals surface area contributed by atoms with Crippen molar-refractivity contribution in [1.82, 2.24) is 9.38 Å². The Morgan fingerprint density at radius 1 is 1.04 bits per heavy atom. The summed E-state index contributed by atoms with van der Waals surface area (Å²) in [6.45, 7) is 1.83. The molecule has 0 unspecified atom stereocenters. The number of aromatic nitrogens is 2. The van der Waals surface area contributed by atoms with Crippen LogP contribution in [0.15, 0.2) is 59.4 Å². The lowest BCUT2D eigenvalue weighted by Crippen LogP contribution is -2.11. The van der Waals surface area contributed by atoms with Crippen LogP contribution in [0.5, 0.6) is 0 Å². The number of methoxy groups -OCH3 is 1. The second-order valence-corrected chi connectivity index (χ2v) is 5.85. The van der Waals surface area contributed by atoms with E-state index in [0.717, 1.165) is 11.1 Å². The van der Waals surface area contributed by atoms with Gasteiger partial charge in [0.05, 0.1) is 23.7 Å². The summed E-state index contributed by atoms with van der Waals surface area (Å²) in [5.74, 6) is -0.455. The fourth-order valence-corrected chi connectivity index (χ4v) is 3.40. The van der Waals surface area contributed by atoms with Gasteiger partial charge < -0.3 is 14.1 Å². The van der Waals surface area contributed by atoms with Gasteiger partial charge >= 0.3 is 5.97 Å². The van der Waals surface area contributed by atoms with Gasteiger partial charge in [-0.2, -0.15) is 0 Å². The first kappa shape index (κ1) is 15.2. The molecule has 0 aliphatic carbocycles. The maximum absolute atomic E-state index is 12.8. The first-order valence-electron chi connectivity index (χ1n) is 7.93. The number of para-hydroxylation sites is 2. The third-order valence-corrected chi connectivity index (χ3v) is 4.47. The molecule has 5 heteroatoms. The second kappa shape index (κ2) is 5.63. The standard InChI is InChI=1S/C20H16N2O3/c1-12-16(20(24)25-2)17(13-8-4-3-5-9-13)18-19(23)21-14-10-6-7-11-15(14)22(12)18/h3-11H,1-2H3,(H,21,23). The number of carbonyl (C=O) groups is 1. The van der Waals surface area contributed by atoms with Crippen molar-refractivity contribution in [3.8, 4) is 11.1 Å². The molecular weight excluding hydrogens is 316 g/mol. The highest BCUT2D eigenvalue weighted by atomic mass is 16.5. The molecule has 4 rings (SSSR count). The average molecular weight is 332 g/mol. The number of H-pyrrole nitrogens is 1. The van der Waals surface area contributed by atoms with Crippen LogP contribution in [0.25, 0.3) is 27.7 Å². The molecule has 0 saturated carbocycles. The van der Waals surface area contributed by atoms with Crippen molar-refractivity contribution in [1.29, 1.82) is 0 Å². The molecule has 4 aromatic rings. The van der Waals surface area contributed by atoms with E-state index < -0.39 is 5.97 Å². The predicted molar refractivity (Wildman–Crippen MR) is 97.0 cm³/mol. The number of rotatable bonds is 2. The van der Waals surface area contributed by atoms with E-state index in [1.54, 1.807) is 0 Å². The zero-order chi connectivity index (χ0) is 17.6. The molecular formula is C20H16N2O3. The third kappa shape index (κ3) is 2.16. The van der Waals surface area contributed by atoms with Crippen molar-refractivity contribution in [2.24, 2.45) is 0 Å². The van der Waals surface area contributed by atoms with Crippen LogP contribution in [0.3, 0.4) is 0 Å². The lowest BCUT2D eigenvalue weighted by molar-refractivity contribution is 0.0601. The summed E-state index contributed by atoms with van der Waals surface area (Å²) in [4.78, 5) is 28.2. The molecule has 5 nitrogen and oxygen atoms in total. The van der Waals surface area contributed by atoms with Gasteiger partial charge in [0, 0.05) is 11.3 Å². The van der Waals surface area contributed by atoms with Crippen molar-refractivity contribution < 1.29 is 9.53 Å². The molecule has 0 amide bonds. The monoisotopic (exact) mass is 332 g/mol. The van der Waals surface area contributed by atoms with E-state index >= 15 is 0 Å². The number of aromatic amines is 1. The number of ether oxygens (including phenoxy) is 1. The van der Waals surface area contributed by atoms with Crippen LogP contribution in [-0.2, 0) is 4.74 Å². The van der Waals surface area contributed by atoms with Gasteiger partial charge in [-0.3, -0.25) is 4.79 Å². The third-order valence-electron chi connectivity index (χ3n) is 4.47. The summed E-state index contributed by atoms with van der Waals surface area (Å²) in [7, 11) is 1.35. The van der Waals surface area contributed by atoms with Crippen LogP contribution < -0.4 is 5.56 Å². The summed E-state index contributed by atoms with van der Waals surface area (Å²) in [5.41, 5.74) is 4.25. The van der Waals surface area contributed by atoms with Gasteiger partial charge in [0.25, 0.3) is 5.56 Å². The molecule has 0 spiro atoms. The van der Waals surface area contributed by atoms with Gasteiger partial charge in [0.1, 0.15) is 5.52 Å². The Hall–Kier alpha value is -3.34. The van der Waals surface area contributed by atoms with Crippen LogP contribution in [0.2, 0.25) is 0 Å². The molecule has 0 fully saturated rings. The maximum atomic E-state index is 12.8. The second-order valence-electron chi connectivity index (χ2n) is 5.85. The van der Waals surface area contributed by atoms with Gasteiger partial charge in [-0.05, 0) is 24.6 Å². The molecule has 0 aliphatic rings. The molecule has 0 bridgehead atoms. The van der Waals surface area contributed by atoms with E-state index in [1.807, 2.05) is 65.9 Å². The molecule has 0 saturated heterocycles. The first-order chi connectivity index (χ1) is 12.1. The Morgan fingerprint density at radius 2 is 1.72 bits per heavy atom. The molecule has 1 N–H and O–H groups in total. The quantitative estimate of drug-likeness (QED) is 0.571. The molecule has 2 heterocycles. The topological polar surface area (TPSA) is 63.6 Å². The summed E-state index contributed by atoms with van der Waals surface area (Å²) < 4.78 is 6.83. The van der Waals surface area contributed by atoms with Crippen molar-refractivity contribution in [3.05, 3.63) is 76.2 Å². The highest BCUT2D eigenvalue weighted by molar-refractivity contribution is 6.05. The maximum Gasteiger partial charge on any atom is 0.340 e. The highest BCUT2D eigenvalue weighted by Crippen LogP contribution is 2.33. The molecule has 0 radical (unpaired) electrons. The summed E-state index contributed by atoms with van der Waals surface area (Å²) in [6, 6.07) is 16.9. The zero-order valence-electron chi connectivity index (χ0n) is 13.9. The highest BCUT2D eigenvalue weighted by Gasteiger charge is 2.26. The lowest BCUT2D eigenvalue weighted by Gasteiger charge is -2.05. The smallest absolute Gasteiger partial charge is 0.340 e. The Balaban J connectivity index is 2.29. The molecule has 0 atom stereocenters. The molecule has 2 aromatic heterocycles. The van der Waals surface area contributed by atoms with Gasteiger partial charge in [0.2, 0.25) is 0 Å². The van der Waals surface area contributed by atoms with E-state index in [9.17, 15) is 9.59 Å². The van der Waals surface area contributed by atoms with Gasteiger partial charge in [-0.1, -0.05) is 42.5 Å². The van der Waals surface area contributed by atoms with E-state index in [1.165, 1.54) is 7.11 Å². The van der Waals surface area contributed by atoms with Crippen LogP contribution in [0.1, 0.15) is 16.1 Å². The van der Waals surface area contributed by atoms with Crippen LogP contribution in [0.4, 0.5) is 0 Å². The van der Waals surface area contributed by atoms with E-state index in [0.29, 0.717) is 27.9 Å². The average Bonchev–Trinajstić information content (AvgIpc) is 2.96.